The Balaban J connectivity index is 1.93. The zero-order valence-corrected chi connectivity index (χ0v) is 12.5. The van der Waals surface area contributed by atoms with Gasteiger partial charge in [-0.05, 0) is 17.4 Å². The van der Waals surface area contributed by atoms with Crippen molar-refractivity contribution in [2.75, 3.05) is 20.3 Å². The van der Waals surface area contributed by atoms with Crippen molar-refractivity contribution < 1.29 is 14.3 Å². The van der Waals surface area contributed by atoms with E-state index in [0.717, 1.165) is 12.0 Å². The average molecular weight is 277 g/mol. The van der Waals surface area contributed by atoms with Crippen LogP contribution in [0.1, 0.15) is 25.8 Å². The highest BCUT2D eigenvalue weighted by molar-refractivity contribution is 5.68. The van der Waals surface area contributed by atoms with E-state index in [0.29, 0.717) is 19.8 Å². The highest BCUT2D eigenvalue weighted by Gasteiger charge is 2.40. The summed E-state index contributed by atoms with van der Waals surface area (Å²) in [7, 11) is 1.67. The smallest absolute Gasteiger partial charge is 0.410 e. The molecule has 4 heteroatoms. The van der Waals surface area contributed by atoms with E-state index in [2.05, 4.69) is 13.8 Å². The van der Waals surface area contributed by atoms with E-state index in [1.54, 1.807) is 12.0 Å². The number of hydrogen-bond donors (Lipinski definition) is 0. The molecule has 1 aromatic rings. The van der Waals surface area contributed by atoms with Crippen molar-refractivity contribution in [1.29, 1.82) is 0 Å². The summed E-state index contributed by atoms with van der Waals surface area (Å²) in [6.45, 7) is 5.93. The standard InChI is InChI=1S/C16H23NO3/c1-16(2)9-14(11-19-3)17(12-16)15(18)20-10-13-7-5-4-6-8-13/h4-8,14H,9-12H2,1-3H3. The topological polar surface area (TPSA) is 38.8 Å². The van der Waals surface area contributed by atoms with Crippen LogP contribution in [0.2, 0.25) is 0 Å². The van der Waals surface area contributed by atoms with E-state index < -0.39 is 0 Å². The summed E-state index contributed by atoms with van der Waals surface area (Å²) in [5, 5.41) is 0. The lowest BCUT2D eigenvalue weighted by Gasteiger charge is -2.23. The van der Waals surface area contributed by atoms with Gasteiger partial charge < -0.3 is 14.4 Å². The molecule has 0 spiro atoms. The molecule has 1 saturated heterocycles. The molecule has 1 heterocycles. The third-order valence-corrected chi connectivity index (χ3v) is 3.63. The number of likely N-dealkylation sites (tertiary alicyclic amines) is 1. The summed E-state index contributed by atoms with van der Waals surface area (Å²) < 4.78 is 10.6. The fraction of sp³-hybridized carbons (Fsp3) is 0.562. The van der Waals surface area contributed by atoms with Gasteiger partial charge in [0, 0.05) is 13.7 Å². The number of amides is 1. The monoisotopic (exact) mass is 277 g/mol. The molecule has 0 saturated carbocycles. The Bertz CT molecular complexity index is 444. The second-order valence-corrected chi connectivity index (χ2v) is 6.15. The van der Waals surface area contributed by atoms with E-state index >= 15 is 0 Å². The molecule has 0 bridgehead atoms. The number of carbonyl (C=O) groups is 1. The SMILES string of the molecule is COCC1CC(C)(C)CN1C(=O)OCc1ccccc1. The zero-order chi connectivity index (χ0) is 14.6. The van der Waals surface area contributed by atoms with Crippen LogP contribution in [0.3, 0.4) is 0 Å². The van der Waals surface area contributed by atoms with Gasteiger partial charge in [-0.15, -0.1) is 0 Å². The van der Waals surface area contributed by atoms with Gasteiger partial charge >= 0.3 is 6.09 Å². The van der Waals surface area contributed by atoms with Crippen molar-refractivity contribution in [2.24, 2.45) is 5.41 Å². The van der Waals surface area contributed by atoms with Crippen LogP contribution in [0.25, 0.3) is 0 Å². The highest BCUT2D eigenvalue weighted by Crippen LogP contribution is 2.34. The van der Waals surface area contributed by atoms with Gasteiger partial charge in [-0.3, -0.25) is 0 Å². The van der Waals surface area contributed by atoms with Gasteiger partial charge in [0.1, 0.15) is 6.61 Å². The van der Waals surface area contributed by atoms with Crippen LogP contribution in [-0.4, -0.2) is 37.3 Å². The summed E-state index contributed by atoms with van der Waals surface area (Å²) in [5.74, 6) is 0. The minimum Gasteiger partial charge on any atom is -0.445 e. The highest BCUT2D eigenvalue weighted by atomic mass is 16.6. The van der Waals surface area contributed by atoms with Gasteiger partial charge in [0.25, 0.3) is 0 Å². The molecular weight excluding hydrogens is 254 g/mol. The Morgan fingerprint density at radius 1 is 1.35 bits per heavy atom. The van der Waals surface area contributed by atoms with E-state index in [1.807, 2.05) is 30.3 Å². The van der Waals surface area contributed by atoms with Gasteiger partial charge in [-0.25, -0.2) is 4.79 Å². The van der Waals surface area contributed by atoms with Gasteiger partial charge in [-0.1, -0.05) is 44.2 Å². The van der Waals surface area contributed by atoms with Crippen LogP contribution in [0.15, 0.2) is 30.3 Å². The number of carbonyl (C=O) groups excluding carboxylic acids is 1. The van der Waals surface area contributed by atoms with Crippen LogP contribution in [0.4, 0.5) is 4.79 Å². The first-order chi connectivity index (χ1) is 9.52. The van der Waals surface area contributed by atoms with Crippen molar-refractivity contribution in [2.45, 2.75) is 32.9 Å². The molecule has 2 rings (SSSR count). The second-order valence-electron chi connectivity index (χ2n) is 6.15. The summed E-state index contributed by atoms with van der Waals surface area (Å²) in [6.07, 6.45) is 0.697. The molecule has 0 radical (unpaired) electrons. The first-order valence-corrected chi connectivity index (χ1v) is 6.98. The molecule has 1 aliphatic rings. The molecule has 1 amide bonds. The quantitative estimate of drug-likeness (QED) is 0.849. The van der Waals surface area contributed by atoms with Crippen LogP contribution in [0.5, 0.6) is 0 Å². The lowest BCUT2D eigenvalue weighted by atomic mass is 9.91. The number of ether oxygens (including phenoxy) is 2. The molecule has 0 N–H and O–H groups in total. The molecule has 1 aliphatic heterocycles. The van der Waals surface area contributed by atoms with Crippen molar-refractivity contribution in [3.63, 3.8) is 0 Å². The Kier molecular flexibility index (Phi) is 4.65. The first-order valence-electron chi connectivity index (χ1n) is 6.98. The van der Waals surface area contributed by atoms with Crippen molar-refractivity contribution in [1.82, 2.24) is 4.90 Å². The molecule has 0 aromatic heterocycles. The summed E-state index contributed by atoms with van der Waals surface area (Å²) in [6, 6.07) is 9.84. The Hall–Kier alpha value is -1.55. The molecule has 1 aromatic carbocycles. The summed E-state index contributed by atoms with van der Waals surface area (Å²) in [4.78, 5) is 14.0. The Morgan fingerprint density at radius 2 is 2.05 bits per heavy atom. The average Bonchev–Trinajstić information content (AvgIpc) is 2.73. The van der Waals surface area contributed by atoms with Crippen LogP contribution in [-0.2, 0) is 16.1 Å². The van der Waals surface area contributed by atoms with Gasteiger partial charge in [-0.2, -0.15) is 0 Å². The van der Waals surface area contributed by atoms with Gasteiger partial charge in [0.15, 0.2) is 0 Å². The van der Waals surface area contributed by atoms with Gasteiger partial charge in [0.05, 0.1) is 12.6 Å². The fourth-order valence-corrected chi connectivity index (χ4v) is 2.76. The maximum absolute atomic E-state index is 12.2. The Morgan fingerprint density at radius 3 is 2.70 bits per heavy atom. The van der Waals surface area contributed by atoms with Crippen LogP contribution >= 0.6 is 0 Å². The number of methoxy groups -OCH3 is 1. The van der Waals surface area contributed by atoms with E-state index in [1.165, 1.54) is 0 Å². The minimum atomic E-state index is -0.249. The molecule has 110 valence electrons. The number of benzene rings is 1. The number of rotatable bonds is 4. The second kappa shape index (κ2) is 6.27. The van der Waals surface area contributed by atoms with E-state index in [4.69, 9.17) is 9.47 Å². The predicted octanol–water partition coefficient (Wildman–Crippen LogP) is 3.07. The maximum Gasteiger partial charge on any atom is 0.410 e. The van der Waals surface area contributed by atoms with E-state index in [9.17, 15) is 4.79 Å². The molecule has 0 aliphatic carbocycles. The van der Waals surface area contributed by atoms with Crippen molar-refractivity contribution in [3.05, 3.63) is 35.9 Å². The molecular formula is C16H23NO3. The lowest BCUT2D eigenvalue weighted by molar-refractivity contribution is 0.0694. The minimum absolute atomic E-state index is 0.110. The predicted molar refractivity (Wildman–Crippen MR) is 77.4 cm³/mol. The third kappa shape index (κ3) is 3.73. The van der Waals surface area contributed by atoms with Crippen molar-refractivity contribution in [3.8, 4) is 0 Å². The maximum atomic E-state index is 12.2. The molecule has 4 nitrogen and oxygen atoms in total. The zero-order valence-electron chi connectivity index (χ0n) is 12.5. The first kappa shape index (κ1) is 14.9. The molecule has 1 atom stereocenters. The van der Waals surface area contributed by atoms with Crippen molar-refractivity contribution >= 4 is 6.09 Å². The normalized spacial score (nSPS) is 20.9. The largest absolute Gasteiger partial charge is 0.445 e. The van der Waals surface area contributed by atoms with E-state index in [-0.39, 0.29) is 17.6 Å². The molecule has 1 fully saturated rings. The Labute approximate surface area is 120 Å². The summed E-state index contributed by atoms with van der Waals surface area (Å²) >= 11 is 0. The van der Waals surface area contributed by atoms with Gasteiger partial charge in [0.2, 0.25) is 0 Å². The molecule has 1 unspecified atom stereocenters. The lowest BCUT2D eigenvalue weighted by Crippen LogP contribution is -2.38. The number of hydrogen-bond acceptors (Lipinski definition) is 3. The number of nitrogens with zero attached hydrogens (tertiary/aromatic N) is 1. The summed E-state index contributed by atoms with van der Waals surface area (Å²) in [5.41, 5.74) is 1.12. The van der Waals surface area contributed by atoms with Crippen LogP contribution in [0, 0.1) is 5.41 Å². The molecule has 20 heavy (non-hydrogen) atoms. The fourth-order valence-electron chi connectivity index (χ4n) is 2.76. The third-order valence-electron chi connectivity index (χ3n) is 3.63. The van der Waals surface area contributed by atoms with Crippen LogP contribution < -0.4 is 0 Å².